The molecule has 2 aliphatic rings. The molecule has 174 valence electrons. The Morgan fingerprint density at radius 2 is 1.91 bits per heavy atom. The highest BCUT2D eigenvalue weighted by Crippen LogP contribution is 2.32. The van der Waals surface area contributed by atoms with Crippen LogP contribution in [0.25, 0.3) is 0 Å². The van der Waals surface area contributed by atoms with E-state index in [0.717, 1.165) is 5.56 Å². The molecule has 4 rings (SSSR count). The van der Waals surface area contributed by atoms with Crippen molar-refractivity contribution in [2.24, 2.45) is 0 Å². The van der Waals surface area contributed by atoms with Gasteiger partial charge in [0.05, 0.1) is 24.1 Å². The van der Waals surface area contributed by atoms with Crippen molar-refractivity contribution in [1.29, 1.82) is 0 Å². The zero-order valence-corrected chi connectivity index (χ0v) is 18.9. The largest absolute Gasteiger partial charge is 0.490 e. The minimum Gasteiger partial charge on any atom is -0.490 e. The molecule has 2 aliphatic heterocycles. The van der Waals surface area contributed by atoms with E-state index in [9.17, 15) is 14.4 Å². The first-order valence-electron chi connectivity index (χ1n) is 11.2. The molecule has 0 aromatic heterocycles. The van der Waals surface area contributed by atoms with Crippen LogP contribution in [0.1, 0.15) is 42.1 Å². The number of carbonyl (C=O) groups excluding carboxylic acids is 3. The number of carbonyl (C=O) groups is 3. The number of likely N-dealkylation sites (N-methyl/N-ethyl adjacent to an activating group) is 1. The van der Waals surface area contributed by atoms with Crippen LogP contribution in [0, 0.1) is 0 Å². The maximum absolute atomic E-state index is 13.2. The van der Waals surface area contributed by atoms with Crippen LogP contribution >= 0.6 is 0 Å². The predicted molar refractivity (Wildman–Crippen MR) is 123 cm³/mol. The molecule has 2 N–H and O–H groups in total. The Balaban J connectivity index is 1.39. The smallest absolute Gasteiger partial charge is 0.257 e. The van der Waals surface area contributed by atoms with E-state index in [1.807, 2.05) is 30.3 Å². The molecule has 3 atom stereocenters. The predicted octanol–water partition coefficient (Wildman–Crippen LogP) is 2.73. The fourth-order valence-electron chi connectivity index (χ4n) is 4.38. The Labute approximate surface area is 193 Å². The Kier molecular flexibility index (Phi) is 6.93. The summed E-state index contributed by atoms with van der Waals surface area (Å²) in [6.45, 7) is 2.18. The number of hydrogen-bond acceptors (Lipinski definition) is 5. The van der Waals surface area contributed by atoms with E-state index in [1.54, 1.807) is 30.1 Å². The monoisotopic (exact) mass is 451 g/mol. The number of amides is 3. The Hall–Kier alpha value is -3.39. The molecule has 33 heavy (non-hydrogen) atoms. The molecule has 3 amide bonds. The van der Waals surface area contributed by atoms with Gasteiger partial charge in [-0.3, -0.25) is 14.4 Å². The van der Waals surface area contributed by atoms with Gasteiger partial charge in [-0.25, -0.2) is 0 Å². The third-order valence-electron chi connectivity index (χ3n) is 6.08. The summed E-state index contributed by atoms with van der Waals surface area (Å²) in [4.78, 5) is 38.7. The minimum atomic E-state index is -0.331. The fourth-order valence-corrected chi connectivity index (χ4v) is 4.38. The number of nitrogens with zero attached hydrogens (tertiary/aromatic N) is 1. The van der Waals surface area contributed by atoms with E-state index < -0.39 is 0 Å². The van der Waals surface area contributed by atoms with Crippen molar-refractivity contribution in [1.82, 2.24) is 10.2 Å². The molecular formula is C25H29N3O5. The number of nitrogens with one attached hydrogen (secondary N) is 2. The summed E-state index contributed by atoms with van der Waals surface area (Å²) in [5.41, 5.74) is 2.00. The highest BCUT2D eigenvalue weighted by molar-refractivity contribution is 5.99. The fraction of sp³-hybridized carbons (Fsp3) is 0.400. The SMILES string of the molecule is CC(=O)Nc1ccc2c(c1)C(=O)N(C)[C@@H]1CC[C@H](CC(=O)NCc3ccccc3)O[C@H]1CO2. The van der Waals surface area contributed by atoms with Gasteiger partial charge in [-0.05, 0) is 36.6 Å². The molecule has 0 aliphatic carbocycles. The molecule has 0 spiro atoms. The lowest BCUT2D eigenvalue weighted by Crippen LogP contribution is -2.53. The molecular weight excluding hydrogens is 422 g/mol. The van der Waals surface area contributed by atoms with E-state index in [1.165, 1.54) is 6.92 Å². The van der Waals surface area contributed by atoms with Gasteiger partial charge in [0.15, 0.2) is 0 Å². The van der Waals surface area contributed by atoms with Crippen molar-refractivity contribution >= 4 is 23.4 Å². The van der Waals surface area contributed by atoms with Gasteiger partial charge in [0.25, 0.3) is 5.91 Å². The van der Waals surface area contributed by atoms with E-state index in [0.29, 0.717) is 36.4 Å². The summed E-state index contributed by atoms with van der Waals surface area (Å²) in [5, 5.41) is 5.64. The molecule has 2 aromatic carbocycles. The first-order chi connectivity index (χ1) is 15.9. The maximum Gasteiger partial charge on any atom is 0.257 e. The number of hydrogen-bond donors (Lipinski definition) is 2. The zero-order valence-electron chi connectivity index (χ0n) is 18.9. The molecule has 8 nitrogen and oxygen atoms in total. The molecule has 8 heteroatoms. The van der Waals surface area contributed by atoms with Crippen LogP contribution in [0.2, 0.25) is 0 Å². The number of rotatable bonds is 5. The van der Waals surface area contributed by atoms with Crippen LogP contribution < -0.4 is 15.4 Å². The van der Waals surface area contributed by atoms with Crippen LogP contribution in [0.5, 0.6) is 5.75 Å². The van der Waals surface area contributed by atoms with Gasteiger partial charge in [0, 0.05) is 26.2 Å². The molecule has 0 bridgehead atoms. The van der Waals surface area contributed by atoms with Crippen LogP contribution in [0.15, 0.2) is 48.5 Å². The number of fused-ring (bicyclic) bond motifs is 2. The van der Waals surface area contributed by atoms with Gasteiger partial charge in [-0.15, -0.1) is 0 Å². The summed E-state index contributed by atoms with van der Waals surface area (Å²) in [7, 11) is 1.76. The van der Waals surface area contributed by atoms with Crippen molar-refractivity contribution in [3.8, 4) is 5.75 Å². The maximum atomic E-state index is 13.2. The Morgan fingerprint density at radius 1 is 1.12 bits per heavy atom. The van der Waals surface area contributed by atoms with Crippen molar-refractivity contribution < 1.29 is 23.9 Å². The highest BCUT2D eigenvalue weighted by Gasteiger charge is 2.39. The van der Waals surface area contributed by atoms with E-state index in [-0.39, 0.29) is 49.0 Å². The summed E-state index contributed by atoms with van der Waals surface area (Å²) in [6, 6.07) is 14.6. The molecule has 2 aromatic rings. The van der Waals surface area contributed by atoms with Gasteiger partial charge in [-0.1, -0.05) is 30.3 Å². The van der Waals surface area contributed by atoms with E-state index in [4.69, 9.17) is 9.47 Å². The summed E-state index contributed by atoms with van der Waals surface area (Å²) < 4.78 is 12.2. The molecule has 1 fully saturated rings. The molecule has 0 saturated carbocycles. The lowest BCUT2D eigenvalue weighted by molar-refractivity contribution is -0.134. The van der Waals surface area contributed by atoms with Gasteiger partial charge < -0.3 is 25.0 Å². The van der Waals surface area contributed by atoms with Crippen molar-refractivity contribution in [3.63, 3.8) is 0 Å². The first-order valence-corrected chi connectivity index (χ1v) is 11.2. The standard InChI is InChI=1S/C25H29N3O5/c1-16(29)27-18-8-11-22-20(12-18)25(31)28(2)21-10-9-19(33-23(21)15-32-22)13-24(30)26-14-17-6-4-3-5-7-17/h3-8,11-12,19,21,23H,9-10,13-15H2,1-2H3,(H,26,30)(H,27,29)/t19-,21-,23+/m1/s1. The second-order valence-electron chi connectivity index (χ2n) is 8.53. The topological polar surface area (TPSA) is 97.0 Å². The minimum absolute atomic E-state index is 0.0608. The Morgan fingerprint density at radius 3 is 2.67 bits per heavy atom. The first kappa shape index (κ1) is 22.8. The molecule has 0 unspecified atom stereocenters. The number of ether oxygens (including phenoxy) is 2. The van der Waals surface area contributed by atoms with Crippen LogP contribution in [-0.4, -0.2) is 54.5 Å². The number of benzene rings is 2. The van der Waals surface area contributed by atoms with Crippen LogP contribution in [0.4, 0.5) is 5.69 Å². The van der Waals surface area contributed by atoms with Crippen LogP contribution in [-0.2, 0) is 20.9 Å². The normalized spacial score (nSPS) is 22.2. The molecule has 2 heterocycles. The van der Waals surface area contributed by atoms with E-state index >= 15 is 0 Å². The van der Waals surface area contributed by atoms with E-state index in [2.05, 4.69) is 10.6 Å². The zero-order chi connectivity index (χ0) is 23.4. The van der Waals surface area contributed by atoms with Crippen molar-refractivity contribution in [2.45, 2.75) is 51.0 Å². The second kappa shape index (κ2) is 10.0. The summed E-state index contributed by atoms with van der Waals surface area (Å²) >= 11 is 0. The van der Waals surface area contributed by atoms with Crippen molar-refractivity contribution in [3.05, 3.63) is 59.7 Å². The van der Waals surface area contributed by atoms with Gasteiger partial charge in [0.2, 0.25) is 11.8 Å². The van der Waals surface area contributed by atoms with Gasteiger partial charge in [0.1, 0.15) is 18.5 Å². The molecule has 1 saturated heterocycles. The third-order valence-corrected chi connectivity index (χ3v) is 6.08. The number of anilines is 1. The molecule has 0 radical (unpaired) electrons. The summed E-state index contributed by atoms with van der Waals surface area (Å²) in [6.07, 6.45) is 1.10. The second-order valence-corrected chi connectivity index (χ2v) is 8.53. The quantitative estimate of drug-likeness (QED) is 0.729. The van der Waals surface area contributed by atoms with Gasteiger partial charge >= 0.3 is 0 Å². The summed E-state index contributed by atoms with van der Waals surface area (Å²) in [5.74, 6) is -0.00302. The van der Waals surface area contributed by atoms with Crippen LogP contribution in [0.3, 0.4) is 0 Å². The van der Waals surface area contributed by atoms with Crippen molar-refractivity contribution in [2.75, 3.05) is 19.0 Å². The highest BCUT2D eigenvalue weighted by atomic mass is 16.5. The lowest BCUT2D eigenvalue weighted by Gasteiger charge is -2.42. The van der Waals surface area contributed by atoms with Gasteiger partial charge in [-0.2, -0.15) is 0 Å². The lowest BCUT2D eigenvalue weighted by atomic mass is 9.94. The Bertz CT molecular complexity index is 1030. The average Bonchev–Trinajstić information content (AvgIpc) is 2.81. The average molecular weight is 452 g/mol. The third kappa shape index (κ3) is 5.51.